The van der Waals surface area contributed by atoms with E-state index in [4.69, 9.17) is 14.5 Å². The van der Waals surface area contributed by atoms with Crippen LogP contribution in [-0.4, -0.2) is 56.5 Å². The summed E-state index contributed by atoms with van der Waals surface area (Å²) in [5, 5.41) is 5.44. The van der Waals surface area contributed by atoms with Gasteiger partial charge in [-0.05, 0) is 61.9 Å². The van der Waals surface area contributed by atoms with E-state index in [1.165, 1.54) is 17.8 Å². The number of esters is 1. The highest BCUT2D eigenvalue weighted by molar-refractivity contribution is 7.07. The first kappa shape index (κ1) is 26.1. The summed E-state index contributed by atoms with van der Waals surface area (Å²) in [6.45, 7) is 7.67. The number of benzene rings is 2. The Morgan fingerprint density at radius 1 is 1.11 bits per heavy atom. The maximum atomic E-state index is 13.4. The lowest BCUT2D eigenvalue weighted by atomic mass is 10.1. The number of aromatic nitrogens is 1. The van der Waals surface area contributed by atoms with Crippen LogP contribution in [-0.2, 0) is 20.8 Å². The number of thiazole rings is 1. The van der Waals surface area contributed by atoms with Gasteiger partial charge < -0.3 is 24.3 Å². The third-order valence-corrected chi connectivity index (χ3v) is 6.80. The number of ether oxygens (including phenoxy) is 2. The van der Waals surface area contributed by atoms with Crippen LogP contribution in [0.3, 0.4) is 0 Å². The third-order valence-electron chi connectivity index (χ3n) is 5.93. The SMILES string of the molecule is CCOC(=O)CCNCCCn1c(-c2ccc(N3CCOCC3)cc2)cs/c1=N\c1ccc(F)cc1. The van der Waals surface area contributed by atoms with Gasteiger partial charge in [0, 0.05) is 37.2 Å². The predicted octanol–water partition coefficient (Wildman–Crippen LogP) is 4.36. The molecule has 1 N–H and O–H groups in total. The van der Waals surface area contributed by atoms with Crippen molar-refractivity contribution in [3.05, 3.63) is 64.5 Å². The molecule has 7 nitrogen and oxygen atoms in total. The Kier molecular flexibility index (Phi) is 9.66. The molecular weight excluding hydrogens is 479 g/mol. The Bertz CT molecular complexity index is 1170. The quantitative estimate of drug-likeness (QED) is 0.306. The number of hydrogen-bond donors (Lipinski definition) is 1. The van der Waals surface area contributed by atoms with Gasteiger partial charge in [0.2, 0.25) is 0 Å². The standard InChI is InChI=1S/C27H33FN4O3S/c1-2-35-26(33)12-14-29-13-3-15-32-25(20-36-27(32)30-23-8-6-22(28)7-9-23)21-4-10-24(11-5-21)31-16-18-34-19-17-31/h4-11,20,29H,2-3,12-19H2,1H3/b30-27-. The highest BCUT2D eigenvalue weighted by Crippen LogP contribution is 2.25. The average molecular weight is 513 g/mol. The molecule has 0 bridgehead atoms. The lowest BCUT2D eigenvalue weighted by Crippen LogP contribution is -2.36. The zero-order valence-electron chi connectivity index (χ0n) is 20.6. The van der Waals surface area contributed by atoms with Gasteiger partial charge in [-0.15, -0.1) is 11.3 Å². The average Bonchev–Trinajstić information content (AvgIpc) is 3.30. The highest BCUT2D eigenvalue weighted by atomic mass is 32.1. The molecule has 2 aromatic carbocycles. The van der Waals surface area contributed by atoms with Gasteiger partial charge in [-0.1, -0.05) is 12.1 Å². The van der Waals surface area contributed by atoms with Gasteiger partial charge in [0.25, 0.3) is 0 Å². The minimum Gasteiger partial charge on any atom is -0.466 e. The zero-order chi connectivity index (χ0) is 25.2. The molecule has 3 aromatic rings. The summed E-state index contributed by atoms with van der Waals surface area (Å²) in [4.78, 5) is 19.5. The van der Waals surface area contributed by atoms with Crippen LogP contribution in [0, 0.1) is 5.82 Å². The van der Waals surface area contributed by atoms with Crippen molar-refractivity contribution in [3.8, 4) is 11.3 Å². The number of nitrogens with one attached hydrogen (secondary N) is 1. The summed E-state index contributed by atoms with van der Waals surface area (Å²) in [5.74, 6) is -0.455. The number of carbonyl (C=O) groups excluding carboxylic acids is 1. The monoisotopic (exact) mass is 512 g/mol. The van der Waals surface area contributed by atoms with Gasteiger partial charge in [-0.2, -0.15) is 0 Å². The first-order valence-electron chi connectivity index (χ1n) is 12.4. The molecular formula is C27H33FN4O3S. The molecule has 1 saturated heterocycles. The fraction of sp³-hybridized carbons (Fsp3) is 0.407. The van der Waals surface area contributed by atoms with Crippen LogP contribution < -0.4 is 15.0 Å². The van der Waals surface area contributed by atoms with Crippen molar-refractivity contribution in [2.45, 2.75) is 26.3 Å². The lowest BCUT2D eigenvalue weighted by molar-refractivity contribution is -0.142. The third kappa shape index (κ3) is 7.25. The fourth-order valence-electron chi connectivity index (χ4n) is 4.07. The first-order chi connectivity index (χ1) is 17.6. The van der Waals surface area contributed by atoms with E-state index in [2.05, 4.69) is 44.4 Å². The van der Waals surface area contributed by atoms with Crippen LogP contribution in [0.4, 0.5) is 15.8 Å². The molecule has 0 atom stereocenters. The fourth-order valence-corrected chi connectivity index (χ4v) is 5.02. The Hall–Kier alpha value is -3.01. The van der Waals surface area contributed by atoms with Crippen molar-refractivity contribution in [1.82, 2.24) is 9.88 Å². The minimum atomic E-state index is -0.275. The van der Waals surface area contributed by atoms with Gasteiger partial charge in [-0.25, -0.2) is 9.38 Å². The molecule has 9 heteroatoms. The van der Waals surface area contributed by atoms with Crippen molar-refractivity contribution < 1.29 is 18.7 Å². The number of halogens is 1. The van der Waals surface area contributed by atoms with Gasteiger partial charge in [0.1, 0.15) is 5.82 Å². The first-order valence-corrected chi connectivity index (χ1v) is 13.3. The number of morpholine rings is 1. The number of anilines is 1. The smallest absolute Gasteiger partial charge is 0.307 e. The Balaban J connectivity index is 1.49. The molecule has 36 heavy (non-hydrogen) atoms. The second-order valence-electron chi connectivity index (χ2n) is 8.45. The van der Waals surface area contributed by atoms with E-state index in [0.29, 0.717) is 25.3 Å². The molecule has 0 spiro atoms. The van der Waals surface area contributed by atoms with Gasteiger partial charge in [0.05, 0.1) is 37.6 Å². The lowest BCUT2D eigenvalue weighted by Gasteiger charge is -2.28. The number of carbonyl (C=O) groups is 1. The van der Waals surface area contributed by atoms with Crippen molar-refractivity contribution in [2.75, 3.05) is 50.9 Å². The van der Waals surface area contributed by atoms with Crippen molar-refractivity contribution in [3.63, 3.8) is 0 Å². The Morgan fingerprint density at radius 2 is 1.86 bits per heavy atom. The van der Waals surface area contributed by atoms with E-state index in [1.807, 2.05) is 6.92 Å². The molecule has 1 aliphatic heterocycles. The molecule has 4 rings (SSSR count). The molecule has 0 aliphatic carbocycles. The van der Waals surface area contributed by atoms with Gasteiger partial charge in [0.15, 0.2) is 4.80 Å². The second kappa shape index (κ2) is 13.3. The van der Waals surface area contributed by atoms with Crippen molar-refractivity contribution in [2.24, 2.45) is 4.99 Å². The predicted molar refractivity (Wildman–Crippen MR) is 141 cm³/mol. The normalized spacial score (nSPS) is 14.3. The molecule has 0 saturated carbocycles. The van der Waals surface area contributed by atoms with Crippen molar-refractivity contribution >= 4 is 28.7 Å². The van der Waals surface area contributed by atoms with E-state index in [1.54, 1.807) is 23.5 Å². The van der Waals surface area contributed by atoms with Crippen LogP contribution in [0.2, 0.25) is 0 Å². The van der Waals surface area contributed by atoms with E-state index in [9.17, 15) is 9.18 Å². The molecule has 2 heterocycles. The molecule has 1 aromatic heterocycles. The maximum Gasteiger partial charge on any atom is 0.307 e. The van der Waals surface area contributed by atoms with E-state index in [-0.39, 0.29) is 11.8 Å². The zero-order valence-corrected chi connectivity index (χ0v) is 21.4. The van der Waals surface area contributed by atoms with Crippen LogP contribution in [0.25, 0.3) is 11.3 Å². The molecule has 1 fully saturated rings. The summed E-state index contributed by atoms with van der Waals surface area (Å²) in [7, 11) is 0. The Labute approximate surface area is 215 Å². The molecule has 192 valence electrons. The molecule has 1 aliphatic rings. The minimum absolute atomic E-state index is 0.180. The van der Waals surface area contributed by atoms with E-state index < -0.39 is 0 Å². The van der Waals surface area contributed by atoms with Gasteiger partial charge in [-0.3, -0.25) is 4.79 Å². The van der Waals surface area contributed by atoms with Crippen LogP contribution in [0.5, 0.6) is 0 Å². The summed E-state index contributed by atoms with van der Waals surface area (Å²) in [6.07, 6.45) is 1.24. The number of rotatable bonds is 11. The van der Waals surface area contributed by atoms with Crippen LogP contribution in [0.15, 0.2) is 58.9 Å². The largest absolute Gasteiger partial charge is 0.466 e. The maximum absolute atomic E-state index is 13.4. The Morgan fingerprint density at radius 3 is 2.58 bits per heavy atom. The summed E-state index contributed by atoms with van der Waals surface area (Å²) in [5.41, 5.74) is 4.14. The van der Waals surface area contributed by atoms with E-state index in [0.717, 1.165) is 61.9 Å². The summed E-state index contributed by atoms with van der Waals surface area (Å²) >= 11 is 1.57. The molecule has 0 radical (unpaired) electrons. The van der Waals surface area contributed by atoms with Crippen LogP contribution in [0.1, 0.15) is 19.8 Å². The van der Waals surface area contributed by atoms with E-state index >= 15 is 0 Å². The van der Waals surface area contributed by atoms with Crippen LogP contribution >= 0.6 is 11.3 Å². The molecule has 0 unspecified atom stereocenters. The van der Waals surface area contributed by atoms with Gasteiger partial charge >= 0.3 is 5.97 Å². The van der Waals surface area contributed by atoms with Crippen molar-refractivity contribution in [1.29, 1.82) is 0 Å². The topological polar surface area (TPSA) is 68.1 Å². The summed E-state index contributed by atoms with van der Waals surface area (Å²) < 4.78 is 26.0. The highest BCUT2D eigenvalue weighted by Gasteiger charge is 2.13. The number of nitrogens with zero attached hydrogens (tertiary/aromatic N) is 3. The molecule has 0 amide bonds. The second-order valence-corrected chi connectivity index (χ2v) is 9.28. The summed E-state index contributed by atoms with van der Waals surface area (Å²) in [6, 6.07) is 14.9. The number of hydrogen-bond acceptors (Lipinski definition) is 7.